The number of nitrogens with zero attached hydrogens (tertiary/aromatic N) is 1. The standard InChI is InChI=1S/C27H23N3O3S/c1-33-23-10-6-21(7-11-23)26(31)30-25(18-24-3-2-16-34-24)27(32)29-22-8-4-19(5-9-22)17-20-12-14-28-15-13-20/h2-16,18H,17H2,1H3,(H,29,32)(H,30,31)/b25-18-. The Morgan fingerprint density at radius 3 is 2.29 bits per heavy atom. The average molecular weight is 470 g/mol. The van der Waals surface area contributed by atoms with E-state index in [0.29, 0.717) is 17.0 Å². The molecule has 170 valence electrons. The molecule has 0 saturated carbocycles. The van der Waals surface area contributed by atoms with Crippen LogP contribution in [0.15, 0.2) is 96.3 Å². The Morgan fingerprint density at radius 2 is 1.65 bits per heavy atom. The van der Waals surface area contributed by atoms with Gasteiger partial charge in [-0.15, -0.1) is 11.3 Å². The molecule has 4 aromatic rings. The number of carbonyl (C=O) groups excluding carboxylic acids is 2. The molecule has 0 bridgehead atoms. The first-order valence-corrected chi connectivity index (χ1v) is 11.5. The predicted molar refractivity (Wildman–Crippen MR) is 135 cm³/mol. The van der Waals surface area contributed by atoms with E-state index in [2.05, 4.69) is 15.6 Å². The van der Waals surface area contributed by atoms with Crippen molar-refractivity contribution >= 4 is 34.9 Å². The lowest BCUT2D eigenvalue weighted by Crippen LogP contribution is -2.30. The highest BCUT2D eigenvalue weighted by Crippen LogP contribution is 2.17. The van der Waals surface area contributed by atoms with E-state index < -0.39 is 5.91 Å². The summed E-state index contributed by atoms with van der Waals surface area (Å²) in [6, 6.07) is 22.0. The van der Waals surface area contributed by atoms with Crippen LogP contribution in [0.3, 0.4) is 0 Å². The minimum absolute atomic E-state index is 0.157. The smallest absolute Gasteiger partial charge is 0.272 e. The third-order valence-electron chi connectivity index (χ3n) is 5.04. The zero-order valence-corrected chi connectivity index (χ0v) is 19.3. The number of anilines is 1. The fourth-order valence-electron chi connectivity index (χ4n) is 3.25. The maximum atomic E-state index is 13.1. The van der Waals surface area contributed by atoms with Gasteiger partial charge in [-0.1, -0.05) is 18.2 Å². The van der Waals surface area contributed by atoms with E-state index in [4.69, 9.17) is 4.74 Å². The van der Waals surface area contributed by atoms with Gasteiger partial charge in [-0.25, -0.2) is 0 Å². The predicted octanol–water partition coefficient (Wildman–Crippen LogP) is 5.15. The zero-order chi connectivity index (χ0) is 23.8. The van der Waals surface area contributed by atoms with Crippen molar-refractivity contribution in [1.29, 1.82) is 0 Å². The van der Waals surface area contributed by atoms with E-state index in [1.807, 2.05) is 53.9 Å². The number of nitrogens with one attached hydrogen (secondary N) is 2. The van der Waals surface area contributed by atoms with E-state index >= 15 is 0 Å². The molecule has 0 atom stereocenters. The number of rotatable bonds is 8. The van der Waals surface area contributed by atoms with E-state index in [1.54, 1.807) is 49.8 Å². The Balaban J connectivity index is 1.47. The van der Waals surface area contributed by atoms with Gasteiger partial charge >= 0.3 is 0 Å². The normalized spacial score (nSPS) is 11.0. The largest absolute Gasteiger partial charge is 0.497 e. The lowest BCUT2D eigenvalue weighted by molar-refractivity contribution is -0.113. The molecule has 0 unspecified atom stereocenters. The number of benzene rings is 2. The first-order chi connectivity index (χ1) is 16.6. The van der Waals surface area contributed by atoms with Gasteiger partial charge in [0.15, 0.2) is 0 Å². The van der Waals surface area contributed by atoms with Crippen molar-refractivity contribution in [2.75, 3.05) is 12.4 Å². The van der Waals surface area contributed by atoms with Crippen LogP contribution in [0.2, 0.25) is 0 Å². The second-order valence-corrected chi connectivity index (χ2v) is 8.42. The third kappa shape index (κ3) is 6.17. The van der Waals surface area contributed by atoms with Crippen LogP contribution in [0.1, 0.15) is 26.4 Å². The van der Waals surface area contributed by atoms with Crippen LogP contribution in [-0.4, -0.2) is 23.9 Å². The second kappa shape index (κ2) is 11.1. The zero-order valence-electron chi connectivity index (χ0n) is 18.5. The highest BCUT2D eigenvalue weighted by atomic mass is 32.1. The Hall–Kier alpha value is -4.23. The summed E-state index contributed by atoms with van der Waals surface area (Å²) in [6.07, 6.45) is 5.98. The number of ether oxygens (including phenoxy) is 1. The quantitative estimate of drug-likeness (QED) is 0.350. The molecule has 7 heteroatoms. The molecule has 0 saturated heterocycles. The summed E-state index contributed by atoms with van der Waals surface area (Å²) in [5.74, 6) is -0.138. The lowest BCUT2D eigenvalue weighted by Gasteiger charge is -2.12. The fraction of sp³-hybridized carbons (Fsp3) is 0.0741. The van der Waals surface area contributed by atoms with Crippen molar-refractivity contribution in [2.45, 2.75) is 6.42 Å². The molecule has 2 N–H and O–H groups in total. The fourth-order valence-corrected chi connectivity index (χ4v) is 3.91. The average Bonchev–Trinajstić information content (AvgIpc) is 3.39. The van der Waals surface area contributed by atoms with Crippen molar-refractivity contribution in [2.24, 2.45) is 0 Å². The molecule has 6 nitrogen and oxygen atoms in total. The molecule has 0 aliphatic carbocycles. The van der Waals surface area contributed by atoms with E-state index in [-0.39, 0.29) is 11.6 Å². The number of hydrogen-bond acceptors (Lipinski definition) is 5. The highest BCUT2D eigenvalue weighted by Gasteiger charge is 2.15. The number of amides is 2. The van der Waals surface area contributed by atoms with Gasteiger partial charge in [0.1, 0.15) is 11.4 Å². The van der Waals surface area contributed by atoms with Gasteiger partial charge in [0.25, 0.3) is 11.8 Å². The highest BCUT2D eigenvalue weighted by molar-refractivity contribution is 7.10. The van der Waals surface area contributed by atoms with Crippen molar-refractivity contribution in [1.82, 2.24) is 10.3 Å². The molecular weight excluding hydrogens is 446 g/mol. The maximum absolute atomic E-state index is 13.1. The molecule has 2 aromatic carbocycles. The van der Waals surface area contributed by atoms with Gasteiger partial charge in [-0.3, -0.25) is 14.6 Å². The molecule has 0 aliphatic rings. The summed E-state index contributed by atoms with van der Waals surface area (Å²) in [6.45, 7) is 0. The first kappa shape index (κ1) is 22.9. The number of methoxy groups -OCH3 is 1. The number of pyridine rings is 1. The molecule has 34 heavy (non-hydrogen) atoms. The molecule has 0 fully saturated rings. The van der Waals surface area contributed by atoms with Crippen LogP contribution in [0, 0.1) is 0 Å². The maximum Gasteiger partial charge on any atom is 0.272 e. The third-order valence-corrected chi connectivity index (χ3v) is 5.86. The van der Waals surface area contributed by atoms with Crippen LogP contribution in [0.25, 0.3) is 6.08 Å². The molecule has 4 rings (SSSR count). The van der Waals surface area contributed by atoms with Crippen molar-refractivity contribution in [3.63, 3.8) is 0 Å². The Bertz CT molecular complexity index is 1270. The van der Waals surface area contributed by atoms with Crippen molar-refractivity contribution in [3.8, 4) is 5.75 Å². The molecule has 0 aliphatic heterocycles. The minimum Gasteiger partial charge on any atom is -0.497 e. The molecular formula is C27H23N3O3S. The summed E-state index contributed by atoms with van der Waals surface area (Å²) in [4.78, 5) is 30.7. The van der Waals surface area contributed by atoms with Crippen LogP contribution in [0.5, 0.6) is 5.75 Å². The van der Waals surface area contributed by atoms with Crippen LogP contribution < -0.4 is 15.4 Å². The Morgan fingerprint density at radius 1 is 0.941 bits per heavy atom. The van der Waals surface area contributed by atoms with Crippen LogP contribution in [-0.2, 0) is 11.2 Å². The molecule has 2 amide bonds. The summed E-state index contributed by atoms with van der Waals surface area (Å²) in [5.41, 5.74) is 3.50. The van der Waals surface area contributed by atoms with Gasteiger partial charge in [-0.2, -0.15) is 0 Å². The second-order valence-electron chi connectivity index (χ2n) is 7.44. The first-order valence-electron chi connectivity index (χ1n) is 10.6. The lowest BCUT2D eigenvalue weighted by atomic mass is 10.1. The number of thiophene rings is 1. The van der Waals surface area contributed by atoms with Gasteiger partial charge < -0.3 is 15.4 Å². The molecule has 0 radical (unpaired) electrons. The van der Waals surface area contributed by atoms with Gasteiger partial charge in [0.2, 0.25) is 0 Å². The molecule has 2 heterocycles. The summed E-state index contributed by atoms with van der Waals surface area (Å²) >= 11 is 1.48. The monoisotopic (exact) mass is 469 g/mol. The Kier molecular flexibility index (Phi) is 7.47. The molecule has 0 spiro atoms. The Labute approximate surface area is 201 Å². The number of carbonyl (C=O) groups is 2. The van der Waals surface area contributed by atoms with Crippen molar-refractivity contribution in [3.05, 3.63) is 118 Å². The van der Waals surface area contributed by atoms with Crippen LogP contribution >= 0.6 is 11.3 Å². The number of aromatic nitrogens is 1. The van der Waals surface area contributed by atoms with E-state index in [9.17, 15) is 9.59 Å². The topological polar surface area (TPSA) is 80.3 Å². The summed E-state index contributed by atoms with van der Waals surface area (Å²) in [5, 5.41) is 7.53. The summed E-state index contributed by atoms with van der Waals surface area (Å²) < 4.78 is 5.14. The van der Waals surface area contributed by atoms with Gasteiger partial charge in [0.05, 0.1) is 7.11 Å². The van der Waals surface area contributed by atoms with E-state index in [1.165, 1.54) is 11.3 Å². The van der Waals surface area contributed by atoms with Gasteiger partial charge in [0, 0.05) is 28.5 Å². The van der Waals surface area contributed by atoms with Gasteiger partial charge in [-0.05, 0) is 83.6 Å². The minimum atomic E-state index is -0.405. The molecule has 2 aromatic heterocycles. The number of hydrogen-bond donors (Lipinski definition) is 2. The van der Waals surface area contributed by atoms with E-state index in [0.717, 1.165) is 22.4 Å². The summed E-state index contributed by atoms with van der Waals surface area (Å²) in [7, 11) is 1.56. The van der Waals surface area contributed by atoms with Crippen molar-refractivity contribution < 1.29 is 14.3 Å². The SMILES string of the molecule is COc1ccc(C(=O)N/C(=C\c2cccs2)C(=O)Nc2ccc(Cc3ccncc3)cc2)cc1. The van der Waals surface area contributed by atoms with Crippen LogP contribution in [0.4, 0.5) is 5.69 Å².